The van der Waals surface area contributed by atoms with E-state index in [0.29, 0.717) is 24.6 Å². The maximum Gasteiger partial charge on any atom is 0.0674 e. The number of rotatable bonds is 5. The second kappa shape index (κ2) is 7.92. The second-order valence-electron chi connectivity index (χ2n) is 6.62. The summed E-state index contributed by atoms with van der Waals surface area (Å²) in [5.41, 5.74) is 8.81. The first-order valence-corrected chi connectivity index (χ1v) is 8.24. The molecule has 1 heterocycles. The maximum absolute atomic E-state index is 6.07. The molecule has 1 aliphatic heterocycles. The van der Waals surface area contributed by atoms with Gasteiger partial charge in [-0.3, -0.25) is 4.90 Å². The van der Waals surface area contributed by atoms with Crippen molar-refractivity contribution in [2.45, 2.75) is 45.8 Å². The Bertz CT molecular complexity index is 416. The van der Waals surface area contributed by atoms with Gasteiger partial charge in [0.2, 0.25) is 0 Å². The van der Waals surface area contributed by atoms with Gasteiger partial charge in [-0.15, -0.1) is 0 Å². The van der Waals surface area contributed by atoms with Crippen LogP contribution in [0, 0.1) is 5.92 Å². The molecule has 0 aromatic heterocycles. The van der Waals surface area contributed by atoms with E-state index in [2.05, 4.69) is 49.9 Å². The zero-order valence-electron chi connectivity index (χ0n) is 13.7. The van der Waals surface area contributed by atoms with Crippen LogP contribution in [-0.4, -0.2) is 37.2 Å². The third kappa shape index (κ3) is 4.80. The molecule has 1 aromatic rings. The third-order valence-electron chi connectivity index (χ3n) is 4.16. The fourth-order valence-corrected chi connectivity index (χ4v) is 3.15. The minimum atomic E-state index is 0.293. The van der Waals surface area contributed by atoms with Crippen molar-refractivity contribution in [1.82, 2.24) is 4.90 Å². The first kappa shape index (κ1) is 16.5. The Hall–Kier alpha value is -0.900. The third-order valence-corrected chi connectivity index (χ3v) is 4.16. The summed E-state index contributed by atoms with van der Waals surface area (Å²) >= 11 is 0. The van der Waals surface area contributed by atoms with Crippen molar-refractivity contribution in [3.8, 4) is 0 Å². The lowest BCUT2D eigenvalue weighted by atomic mass is 9.98. The van der Waals surface area contributed by atoms with Gasteiger partial charge in [-0.1, -0.05) is 38.1 Å². The average Bonchev–Trinajstić information content (AvgIpc) is 2.66. The molecule has 21 heavy (non-hydrogen) atoms. The van der Waals surface area contributed by atoms with E-state index in [-0.39, 0.29) is 0 Å². The van der Waals surface area contributed by atoms with Gasteiger partial charge in [0.1, 0.15) is 0 Å². The molecule has 1 saturated heterocycles. The largest absolute Gasteiger partial charge is 0.377 e. The van der Waals surface area contributed by atoms with Crippen molar-refractivity contribution in [2.75, 3.05) is 26.2 Å². The molecule has 2 unspecified atom stereocenters. The van der Waals surface area contributed by atoms with Crippen molar-refractivity contribution >= 4 is 0 Å². The molecule has 2 rings (SSSR count). The van der Waals surface area contributed by atoms with Crippen molar-refractivity contribution < 1.29 is 4.74 Å². The zero-order chi connectivity index (χ0) is 15.2. The molecule has 2 N–H and O–H groups in total. The molecule has 1 aliphatic rings. The summed E-state index contributed by atoms with van der Waals surface area (Å²) in [5, 5.41) is 0. The lowest BCUT2D eigenvalue weighted by Crippen LogP contribution is -2.37. The molecule has 118 valence electrons. The molecule has 0 radical (unpaired) electrons. The lowest BCUT2D eigenvalue weighted by molar-refractivity contribution is 0.0612. The summed E-state index contributed by atoms with van der Waals surface area (Å²) in [7, 11) is 0. The standard InChI is InChI=1S/C18H30N2O/c1-14(2)11-16-5-7-17(8-6-16)18(12-19)20-9-4-10-21-15(3)13-20/h5-8,14-15,18H,4,9-13,19H2,1-3H3. The van der Waals surface area contributed by atoms with Gasteiger partial charge in [-0.05, 0) is 36.8 Å². The van der Waals surface area contributed by atoms with Crippen LogP contribution in [0.1, 0.15) is 44.4 Å². The normalized spacial score (nSPS) is 22.2. The summed E-state index contributed by atoms with van der Waals surface area (Å²) in [6.07, 6.45) is 2.52. The van der Waals surface area contributed by atoms with Gasteiger partial charge < -0.3 is 10.5 Å². The Labute approximate surface area is 129 Å². The number of nitrogens with zero attached hydrogens (tertiary/aromatic N) is 1. The Kier molecular flexibility index (Phi) is 6.22. The monoisotopic (exact) mass is 290 g/mol. The van der Waals surface area contributed by atoms with E-state index in [4.69, 9.17) is 10.5 Å². The number of benzene rings is 1. The first-order chi connectivity index (χ1) is 10.1. The zero-order valence-corrected chi connectivity index (χ0v) is 13.7. The van der Waals surface area contributed by atoms with Crippen LogP contribution in [0.15, 0.2) is 24.3 Å². The Balaban J connectivity index is 2.08. The first-order valence-electron chi connectivity index (χ1n) is 8.24. The van der Waals surface area contributed by atoms with Crippen molar-refractivity contribution in [3.05, 3.63) is 35.4 Å². The van der Waals surface area contributed by atoms with Gasteiger partial charge in [0.05, 0.1) is 6.10 Å². The van der Waals surface area contributed by atoms with E-state index in [0.717, 1.165) is 32.5 Å². The van der Waals surface area contributed by atoms with Gasteiger partial charge in [0.25, 0.3) is 0 Å². The number of hydrogen-bond donors (Lipinski definition) is 1. The fourth-order valence-electron chi connectivity index (χ4n) is 3.15. The van der Waals surface area contributed by atoms with Crippen LogP contribution in [-0.2, 0) is 11.2 Å². The maximum atomic E-state index is 6.07. The minimum Gasteiger partial charge on any atom is -0.377 e. The number of nitrogens with two attached hydrogens (primary N) is 1. The molecule has 2 atom stereocenters. The molecule has 0 saturated carbocycles. The van der Waals surface area contributed by atoms with Crippen LogP contribution in [0.25, 0.3) is 0 Å². The molecule has 3 heteroatoms. The van der Waals surface area contributed by atoms with E-state index in [1.807, 2.05) is 0 Å². The summed E-state index contributed by atoms with van der Waals surface area (Å²) < 4.78 is 5.74. The van der Waals surface area contributed by atoms with Crippen LogP contribution in [0.3, 0.4) is 0 Å². The predicted octanol–water partition coefficient (Wildman–Crippen LogP) is 3.00. The highest BCUT2D eigenvalue weighted by Gasteiger charge is 2.23. The highest BCUT2D eigenvalue weighted by atomic mass is 16.5. The number of ether oxygens (including phenoxy) is 1. The lowest BCUT2D eigenvalue weighted by Gasteiger charge is -2.31. The van der Waals surface area contributed by atoms with Crippen LogP contribution >= 0.6 is 0 Å². The second-order valence-corrected chi connectivity index (χ2v) is 6.62. The molecular formula is C18H30N2O. The van der Waals surface area contributed by atoms with Crippen LogP contribution in [0.4, 0.5) is 0 Å². The molecule has 1 fully saturated rings. The topological polar surface area (TPSA) is 38.5 Å². The van der Waals surface area contributed by atoms with Gasteiger partial charge in [0, 0.05) is 32.3 Å². The Morgan fingerprint density at radius 1 is 1.29 bits per heavy atom. The smallest absolute Gasteiger partial charge is 0.0674 e. The summed E-state index contributed by atoms with van der Waals surface area (Å²) in [4.78, 5) is 2.48. The van der Waals surface area contributed by atoms with Gasteiger partial charge in [0.15, 0.2) is 0 Å². The summed E-state index contributed by atoms with van der Waals surface area (Å²) in [6.45, 7) is 10.2. The quantitative estimate of drug-likeness (QED) is 0.906. The van der Waals surface area contributed by atoms with Crippen molar-refractivity contribution in [3.63, 3.8) is 0 Å². The van der Waals surface area contributed by atoms with E-state index >= 15 is 0 Å². The molecule has 0 bridgehead atoms. The molecule has 1 aromatic carbocycles. The van der Waals surface area contributed by atoms with Crippen LogP contribution in [0.5, 0.6) is 0 Å². The van der Waals surface area contributed by atoms with Crippen LogP contribution in [0.2, 0.25) is 0 Å². The van der Waals surface area contributed by atoms with E-state index in [1.165, 1.54) is 11.1 Å². The van der Waals surface area contributed by atoms with E-state index in [1.54, 1.807) is 0 Å². The van der Waals surface area contributed by atoms with Gasteiger partial charge >= 0.3 is 0 Å². The van der Waals surface area contributed by atoms with Gasteiger partial charge in [-0.25, -0.2) is 0 Å². The number of hydrogen-bond acceptors (Lipinski definition) is 3. The van der Waals surface area contributed by atoms with E-state index in [9.17, 15) is 0 Å². The van der Waals surface area contributed by atoms with Gasteiger partial charge in [-0.2, -0.15) is 0 Å². The highest BCUT2D eigenvalue weighted by molar-refractivity contribution is 5.25. The molecule has 3 nitrogen and oxygen atoms in total. The SMILES string of the molecule is CC(C)Cc1ccc(C(CN)N2CCCOC(C)C2)cc1. The molecule has 0 aliphatic carbocycles. The summed E-state index contributed by atoms with van der Waals surface area (Å²) in [5.74, 6) is 0.699. The van der Waals surface area contributed by atoms with Crippen molar-refractivity contribution in [1.29, 1.82) is 0 Å². The molecule has 0 amide bonds. The fraction of sp³-hybridized carbons (Fsp3) is 0.667. The average molecular weight is 290 g/mol. The Morgan fingerprint density at radius 3 is 2.62 bits per heavy atom. The summed E-state index contributed by atoms with van der Waals surface area (Å²) in [6, 6.07) is 9.34. The van der Waals surface area contributed by atoms with E-state index < -0.39 is 0 Å². The highest BCUT2D eigenvalue weighted by Crippen LogP contribution is 2.23. The molecule has 0 spiro atoms. The van der Waals surface area contributed by atoms with Crippen LogP contribution < -0.4 is 5.73 Å². The molecular weight excluding hydrogens is 260 g/mol. The predicted molar refractivity (Wildman–Crippen MR) is 88.4 cm³/mol. The Morgan fingerprint density at radius 2 is 2.00 bits per heavy atom. The van der Waals surface area contributed by atoms with Crippen molar-refractivity contribution in [2.24, 2.45) is 11.7 Å². The minimum absolute atomic E-state index is 0.293.